The minimum atomic E-state index is -1.23. The predicted octanol–water partition coefficient (Wildman–Crippen LogP) is 1.94. The molecule has 1 unspecified atom stereocenters. The van der Waals surface area contributed by atoms with Crippen LogP contribution in [0, 0.1) is 0 Å². The van der Waals surface area contributed by atoms with Crippen molar-refractivity contribution in [3.63, 3.8) is 0 Å². The summed E-state index contributed by atoms with van der Waals surface area (Å²) < 4.78 is 0. The van der Waals surface area contributed by atoms with Gasteiger partial charge in [0.15, 0.2) is 0 Å². The molecule has 0 amide bonds. The molecule has 1 atom stereocenters. The van der Waals surface area contributed by atoms with Crippen LogP contribution in [0.15, 0.2) is 91.0 Å². The molecule has 0 bridgehead atoms. The highest BCUT2D eigenvalue weighted by Gasteiger charge is 2.01. The van der Waals surface area contributed by atoms with Crippen molar-refractivity contribution >= 4 is 23.9 Å². The molecule has 3 aromatic carbocycles. The summed E-state index contributed by atoms with van der Waals surface area (Å²) >= 11 is 0. The lowest BCUT2D eigenvalue weighted by molar-refractivity contribution is -0.145. The summed E-state index contributed by atoms with van der Waals surface area (Å²) in [5.74, 6) is -3.82. The normalized spacial score (nSPS) is 9.79. The van der Waals surface area contributed by atoms with Crippen LogP contribution in [0.5, 0.6) is 0 Å². The molecular weight excluding hydrogens is 516 g/mol. The van der Waals surface area contributed by atoms with Gasteiger partial charge in [-0.2, -0.15) is 0 Å². The molecule has 0 aliphatic heterocycles. The van der Waals surface area contributed by atoms with Crippen LogP contribution in [0.4, 0.5) is 0 Å². The standard InChI is InChI=1S/3C7H6O2.C3H8O3.C3H6O3/c3*8-7(9)6-4-2-1-3-5-6;4-1-3(6)2-5;1-2(4)3(5)6/h3*1-5H,(H,8,9);3-6H,1-2H2;2,4H,1H3,(H,5,6). The molecule has 0 aliphatic rings. The van der Waals surface area contributed by atoms with E-state index in [1.54, 1.807) is 91.0 Å². The minimum Gasteiger partial charge on any atom is -0.479 e. The number of carbonyl (C=O) groups is 4. The lowest BCUT2D eigenvalue weighted by Gasteiger charge is -1.96. The van der Waals surface area contributed by atoms with E-state index in [2.05, 4.69) is 0 Å². The van der Waals surface area contributed by atoms with Gasteiger partial charge in [0.05, 0.1) is 29.9 Å². The molecule has 0 saturated carbocycles. The van der Waals surface area contributed by atoms with Crippen molar-refractivity contribution in [2.75, 3.05) is 13.2 Å². The Morgan fingerprint density at radius 2 is 0.744 bits per heavy atom. The molecule has 0 radical (unpaired) electrons. The number of benzene rings is 3. The third-order valence-corrected chi connectivity index (χ3v) is 3.84. The van der Waals surface area contributed by atoms with Crippen molar-refractivity contribution in [3.05, 3.63) is 108 Å². The summed E-state index contributed by atoms with van der Waals surface area (Å²) in [6.07, 6.45) is -2.19. The van der Waals surface area contributed by atoms with Crippen LogP contribution < -0.4 is 0 Å². The summed E-state index contributed by atoms with van der Waals surface area (Å²) in [7, 11) is 0. The fourth-order valence-electron chi connectivity index (χ4n) is 1.80. The SMILES string of the molecule is CC(O)C(=O)O.O=C(O)c1ccccc1.O=C(O)c1ccccc1.O=C(O)c1ccccc1.OCC(O)CO. The van der Waals surface area contributed by atoms with E-state index >= 15 is 0 Å². The van der Waals surface area contributed by atoms with Crippen LogP contribution >= 0.6 is 0 Å². The Morgan fingerprint density at radius 1 is 0.538 bits per heavy atom. The molecule has 3 aromatic rings. The van der Waals surface area contributed by atoms with E-state index in [9.17, 15) is 19.2 Å². The molecule has 39 heavy (non-hydrogen) atoms. The van der Waals surface area contributed by atoms with Gasteiger partial charge >= 0.3 is 23.9 Å². The van der Waals surface area contributed by atoms with Crippen LogP contribution in [0.1, 0.15) is 38.0 Å². The van der Waals surface area contributed by atoms with Crippen molar-refractivity contribution in [1.82, 2.24) is 0 Å². The Hall–Kier alpha value is -4.62. The van der Waals surface area contributed by atoms with Gasteiger partial charge in [0.2, 0.25) is 0 Å². The maximum atomic E-state index is 10.2. The summed E-state index contributed by atoms with van der Waals surface area (Å²) in [5, 5.41) is 64.9. The van der Waals surface area contributed by atoms with E-state index < -0.39 is 36.1 Å². The Bertz CT molecular complexity index is 950. The molecule has 0 fully saturated rings. The molecule has 3 rings (SSSR count). The number of carboxylic acid groups (broad SMARTS) is 4. The first-order chi connectivity index (χ1) is 18.4. The summed E-state index contributed by atoms with van der Waals surface area (Å²) in [4.78, 5) is 40.1. The summed E-state index contributed by atoms with van der Waals surface area (Å²) in [6.45, 7) is 0.468. The Kier molecular flexibility index (Phi) is 21.1. The first-order valence-corrected chi connectivity index (χ1v) is 11.0. The van der Waals surface area contributed by atoms with Gasteiger partial charge in [0, 0.05) is 0 Å². The van der Waals surface area contributed by atoms with Gasteiger partial charge in [-0.05, 0) is 43.3 Å². The van der Waals surface area contributed by atoms with Gasteiger partial charge in [-0.3, -0.25) is 0 Å². The quantitative estimate of drug-likeness (QED) is 0.221. The van der Waals surface area contributed by atoms with Crippen LogP contribution in [0.25, 0.3) is 0 Å². The second-order valence-electron chi connectivity index (χ2n) is 7.05. The number of hydrogen-bond donors (Lipinski definition) is 8. The average molecular weight is 549 g/mol. The minimum absolute atomic E-state index is 0.331. The molecule has 0 spiro atoms. The van der Waals surface area contributed by atoms with E-state index in [0.29, 0.717) is 16.7 Å². The maximum Gasteiger partial charge on any atom is 0.335 e. The number of aromatic carboxylic acids is 3. The third kappa shape index (κ3) is 21.2. The van der Waals surface area contributed by atoms with Crippen molar-refractivity contribution in [3.8, 4) is 0 Å². The monoisotopic (exact) mass is 548 g/mol. The second kappa shape index (κ2) is 22.6. The molecule has 212 valence electrons. The molecule has 0 heterocycles. The van der Waals surface area contributed by atoms with Gasteiger partial charge in [-0.25, -0.2) is 19.2 Å². The number of hydrogen-bond acceptors (Lipinski definition) is 8. The first-order valence-electron chi connectivity index (χ1n) is 11.0. The van der Waals surface area contributed by atoms with E-state index in [-0.39, 0.29) is 13.2 Å². The molecule has 12 heteroatoms. The second-order valence-corrected chi connectivity index (χ2v) is 7.05. The zero-order valence-corrected chi connectivity index (χ0v) is 20.9. The fraction of sp³-hybridized carbons (Fsp3) is 0.185. The van der Waals surface area contributed by atoms with E-state index in [1.807, 2.05) is 0 Å². The van der Waals surface area contributed by atoms with Gasteiger partial charge < -0.3 is 40.9 Å². The number of aliphatic carboxylic acids is 1. The van der Waals surface area contributed by atoms with Crippen molar-refractivity contribution in [2.24, 2.45) is 0 Å². The summed E-state index contributed by atoms with van der Waals surface area (Å²) in [5.41, 5.74) is 0.993. The zero-order chi connectivity index (χ0) is 30.2. The topological polar surface area (TPSA) is 230 Å². The highest BCUT2D eigenvalue weighted by atomic mass is 16.4. The largest absolute Gasteiger partial charge is 0.479 e. The zero-order valence-electron chi connectivity index (χ0n) is 20.9. The molecule has 0 saturated heterocycles. The van der Waals surface area contributed by atoms with Crippen LogP contribution in [0.3, 0.4) is 0 Å². The Labute approximate surface area is 224 Å². The Balaban J connectivity index is 0. The molecule has 0 aliphatic carbocycles. The van der Waals surface area contributed by atoms with Crippen molar-refractivity contribution in [2.45, 2.75) is 19.1 Å². The van der Waals surface area contributed by atoms with E-state index in [0.717, 1.165) is 0 Å². The fourth-order valence-corrected chi connectivity index (χ4v) is 1.80. The Morgan fingerprint density at radius 3 is 0.821 bits per heavy atom. The summed E-state index contributed by atoms with van der Waals surface area (Å²) in [6, 6.07) is 24.9. The average Bonchev–Trinajstić information content (AvgIpc) is 2.95. The smallest absolute Gasteiger partial charge is 0.335 e. The van der Waals surface area contributed by atoms with Crippen LogP contribution in [-0.2, 0) is 4.79 Å². The highest BCUT2D eigenvalue weighted by Crippen LogP contribution is 1.97. The van der Waals surface area contributed by atoms with Gasteiger partial charge in [-0.1, -0.05) is 54.6 Å². The van der Waals surface area contributed by atoms with Gasteiger partial charge in [0.1, 0.15) is 12.2 Å². The van der Waals surface area contributed by atoms with E-state index in [4.69, 9.17) is 40.9 Å². The van der Waals surface area contributed by atoms with Crippen molar-refractivity contribution < 1.29 is 60.0 Å². The first kappa shape index (κ1) is 36.5. The molecule has 0 aromatic heterocycles. The van der Waals surface area contributed by atoms with Crippen LogP contribution in [-0.4, -0.2) is 90.2 Å². The number of aliphatic hydroxyl groups is 4. The number of rotatable bonds is 6. The van der Waals surface area contributed by atoms with Crippen molar-refractivity contribution in [1.29, 1.82) is 0 Å². The van der Waals surface area contributed by atoms with Gasteiger partial charge in [0.25, 0.3) is 0 Å². The number of aliphatic hydroxyl groups excluding tert-OH is 4. The van der Waals surface area contributed by atoms with E-state index in [1.165, 1.54) is 6.92 Å². The molecule has 12 nitrogen and oxygen atoms in total. The maximum absolute atomic E-state index is 10.2. The number of carboxylic acids is 4. The highest BCUT2D eigenvalue weighted by molar-refractivity contribution is 5.88. The lowest BCUT2D eigenvalue weighted by Crippen LogP contribution is -2.15. The third-order valence-electron chi connectivity index (χ3n) is 3.84. The van der Waals surface area contributed by atoms with Gasteiger partial charge in [-0.15, -0.1) is 0 Å². The van der Waals surface area contributed by atoms with Crippen LogP contribution in [0.2, 0.25) is 0 Å². The molecule has 8 N–H and O–H groups in total. The predicted molar refractivity (Wildman–Crippen MR) is 140 cm³/mol. The lowest BCUT2D eigenvalue weighted by atomic mass is 10.2. The molecular formula is C27H32O12.